The summed E-state index contributed by atoms with van der Waals surface area (Å²) in [5.74, 6) is 0.863. The number of benzene rings is 1. The Morgan fingerprint density at radius 3 is 2.83 bits per heavy atom. The fourth-order valence-corrected chi connectivity index (χ4v) is 3.25. The van der Waals surface area contributed by atoms with Crippen LogP contribution in [-0.2, 0) is 0 Å². The van der Waals surface area contributed by atoms with E-state index in [0.29, 0.717) is 17.3 Å². The number of halogens is 1. The molecule has 1 aliphatic heterocycles. The number of para-hydroxylation sites is 2. The molecule has 0 bridgehead atoms. The van der Waals surface area contributed by atoms with Crippen molar-refractivity contribution in [3.8, 4) is 0 Å². The average Bonchev–Trinajstić information content (AvgIpc) is 3.13. The van der Waals surface area contributed by atoms with Crippen molar-refractivity contribution in [2.45, 2.75) is 6.42 Å². The van der Waals surface area contributed by atoms with Gasteiger partial charge in [-0.2, -0.15) is 0 Å². The maximum Gasteiger partial charge on any atom is 0.270 e. The fourth-order valence-electron chi connectivity index (χ4n) is 3.08. The van der Waals surface area contributed by atoms with Crippen LogP contribution in [0.25, 0.3) is 11.0 Å². The Hall–Kier alpha value is -2.47. The molecule has 124 valence electrons. The maximum absolute atomic E-state index is 12.5. The summed E-state index contributed by atoms with van der Waals surface area (Å²) in [6, 6.07) is 9.67. The van der Waals surface area contributed by atoms with E-state index in [0.717, 1.165) is 43.0 Å². The van der Waals surface area contributed by atoms with E-state index in [-0.39, 0.29) is 5.91 Å². The summed E-state index contributed by atoms with van der Waals surface area (Å²) >= 11 is 5.89. The molecular formula is C17H18ClN5O. The minimum absolute atomic E-state index is 0.00615. The summed E-state index contributed by atoms with van der Waals surface area (Å²) < 4.78 is 0. The van der Waals surface area contributed by atoms with Crippen molar-refractivity contribution in [2.75, 3.05) is 31.1 Å². The molecule has 4 rings (SSSR count). The molecular weight excluding hydrogens is 326 g/mol. The molecule has 1 aliphatic rings. The molecule has 3 aromatic rings. The number of nitrogens with zero attached hydrogens (tertiary/aromatic N) is 3. The number of hydrogen-bond acceptors (Lipinski definition) is 3. The average molecular weight is 344 g/mol. The largest absolute Gasteiger partial charge is 0.356 e. The quantitative estimate of drug-likeness (QED) is 0.751. The van der Waals surface area contributed by atoms with E-state index in [1.807, 2.05) is 29.2 Å². The number of fused-ring (bicyclic) bond motifs is 1. The fraction of sp³-hybridized carbons (Fsp3) is 0.294. The van der Waals surface area contributed by atoms with E-state index in [4.69, 9.17) is 11.6 Å². The van der Waals surface area contributed by atoms with Gasteiger partial charge in [0.1, 0.15) is 5.69 Å². The lowest BCUT2D eigenvalue weighted by molar-refractivity contribution is 0.0762. The minimum atomic E-state index is -0.00615. The Bertz CT molecular complexity index is 838. The predicted octanol–water partition coefficient (Wildman–Crippen LogP) is 2.90. The Kier molecular flexibility index (Phi) is 3.90. The molecule has 1 aromatic carbocycles. The summed E-state index contributed by atoms with van der Waals surface area (Å²) in [5, 5.41) is 0.553. The van der Waals surface area contributed by atoms with Crippen LogP contribution in [0.1, 0.15) is 16.9 Å². The van der Waals surface area contributed by atoms with Gasteiger partial charge in [0.15, 0.2) is 0 Å². The van der Waals surface area contributed by atoms with E-state index in [1.165, 1.54) is 0 Å². The molecule has 24 heavy (non-hydrogen) atoms. The third-order valence-electron chi connectivity index (χ3n) is 4.34. The number of H-pyrrole nitrogens is 2. The first-order valence-corrected chi connectivity index (χ1v) is 8.41. The molecule has 3 heterocycles. The number of nitrogens with one attached hydrogen (secondary N) is 2. The molecule has 7 heteroatoms. The van der Waals surface area contributed by atoms with Crippen molar-refractivity contribution >= 4 is 34.5 Å². The number of hydrogen-bond donors (Lipinski definition) is 2. The number of amides is 1. The number of rotatable bonds is 2. The Morgan fingerprint density at radius 1 is 1.17 bits per heavy atom. The molecule has 0 radical (unpaired) electrons. The lowest BCUT2D eigenvalue weighted by Crippen LogP contribution is -2.35. The Morgan fingerprint density at radius 2 is 2.04 bits per heavy atom. The van der Waals surface area contributed by atoms with Gasteiger partial charge in [0.05, 0.1) is 16.1 Å². The second-order valence-corrected chi connectivity index (χ2v) is 6.38. The molecule has 1 fully saturated rings. The van der Waals surface area contributed by atoms with Gasteiger partial charge >= 0.3 is 0 Å². The summed E-state index contributed by atoms with van der Waals surface area (Å²) in [6.45, 7) is 3.01. The van der Waals surface area contributed by atoms with Gasteiger partial charge in [0, 0.05) is 32.4 Å². The van der Waals surface area contributed by atoms with E-state index in [2.05, 4.69) is 19.9 Å². The number of imidazole rings is 1. The lowest BCUT2D eigenvalue weighted by atomic mass is 10.3. The number of aromatic nitrogens is 3. The standard InChI is InChI=1S/C17H18ClN5O/c18-12-10-15(19-11-12)16(24)22-6-3-7-23(9-8-22)17-20-13-4-1-2-5-14(13)21-17/h1-2,4-5,10-11,19H,3,6-9H2,(H,20,21). The zero-order chi connectivity index (χ0) is 16.5. The van der Waals surface area contributed by atoms with Gasteiger partial charge in [-0.15, -0.1) is 0 Å². The van der Waals surface area contributed by atoms with Crippen LogP contribution in [0.4, 0.5) is 5.95 Å². The first kappa shape index (κ1) is 15.1. The van der Waals surface area contributed by atoms with Crippen molar-refractivity contribution in [3.05, 3.63) is 47.2 Å². The van der Waals surface area contributed by atoms with Crippen LogP contribution in [0.2, 0.25) is 5.02 Å². The number of anilines is 1. The highest BCUT2D eigenvalue weighted by atomic mass is 35.5. The second-order valence-electron chi connectivity index (χ2n) is 5.94. The van der Waals surface area contributed by atoms with Gasteiger partial charge in [-0.25, -0.2) is 4.98 Å². The highest BCUT2D eigenvalue weighted by Crippen LogP contribution is 2.19. The minimum Gasteiger partial charge on any atom is -0.356 e. The summed E-state index contributed by atoms with van der Waals surface area (Å²) in [4.78, 5) is 27.6. The molecule has 1 amide bonds. The topological polar surface area (TPSA) is 68.0 Å². The zero-order valence-electron chi connectivity index (χ0n) is 13.1. The van der Waals surface area contributed by atoms with Crippen LogP contribution >= 0.6 is 11.6 Å². The van der Waals surface area contributed by atoms with Gasteiger partial charge < -0.3 is 19.8 Å². The van der Waals surface area contributed by atoms with Gasteiger partial charge in [0.2, 0.25) is 5.95 Å². The molecule has 0 unspecified atom stereocenters. The molecule has 2 aromatic heterocycles. The number of carbonyl (C=O) groups excluding carboxylic acids is 1. The van der Waals surface area contributed by atoms with Crippen LogP contribution in [-0.4, -0.2) is 51.9 Å². The number of carbonyl (C=O) groups is 1. The molecule has 0 spiro atoms. The molecule has 0 saturated carbocycles. The molecule has 6 nitrogen and oxygen atoms in total. The van der Waals surface area contributed by atoms with Crippen molar-refractivity contribution < 1.29 is 4.79 Å². The van der Waals surface area contributed by atoms with Gasteiger partial charge in [-0.05, 0) is 24.6 Å². The predicted molar refractivity (Wildman–Crippen MR) is 94.6 cm³/mol. The normalized spacial score (nSPS) is 15.7. The van der Waals surface area contributed by atoms with Crippen LogP contribution in [0.15, 0.2) is 36.5 Å². The first-order valence-electron chi connectivity index (χ1n) is 8.03. The molecule has 0 atom stereocenters. The third kappa shape index (κ3) is 2.85. The van der Waals surface area contributed by atoms with Crippen LogP contribution in [0.3, 0.4) is 0 Å². The number of aromatic amines is 2. The summed E-state index contributed by atoms with van der Waals surface area (Å²) in [5.41, 5.74) is 2.54. The van der Waals surface area contributed by atoms with Gasteiger partial charge in [-0.1, -0.05) is 23.7 Å². The molecule has 0 aliphatic carbocycles. The van der Waals surface area contributed by atoms with Crippen LogP contribution in [0, 0.1) is 0 Å². The monoisotopic (exact) mass is 343 g/mol. The molecule has 1 saturated heterocycles. The van der Waals surface area contributed by atoms with E-state index >= 15 is 0 Å². The van der Waals surface area contributed by atoms with Crippen LogP contribution < -0.4 is 4.90 Å². The SMILES string of the molecule is O=C(c1cc(Cl)c[nH]1)N1CCCN(c2nc3ccccc3[nH]2)CC1. The van der Waals surface area contributed by atoms with Gasteiger partial charge in [0.25, 0.3) is 5.91 Å². The maximum atomic E-state index is 12.5. The van der Waals surface area contributed by atoms with E-state index in [1.54, 1.807) is 12.3 Å². The first-order chi connectivity index (χ1) is 11.7. The summed E-state index contributed by atoms with van der Waals surface area (Å²) in [6.07, 6.45) is 2.53. The second kappa shape index (κ2) is 6.20. The van der Waals surface area contributed by atoms with Crippen molar-refractivity contribution in [3.63, 3.8) is 0 Å². The summed E-state index contributed by atoms with van der Waals surface area (Å²) in [7, 11) is 0. The zero-order valence-corrected chi connectivity index (χ0v) is 13.9. The van der Waals surface area contributed by atoms with Crippen LogP contribution in [0.5, 0.6) is 0 Å². The molecule has 2 N–H and O–H groups in total. The Balaban J connectivity index is 1.48. The van der Waals surface area contributed by atoms with Gasteiger partial charge in [-0.3, -0.25) is 4.79 Å². The van der Waals surface area contributed by atoms with Crippen molar-refractivity contribution in [2.24, 2.45) is 0 Å². The van der Waals surface area contributed by atoms with Crippen molar-refractivity contribution in [1.29, 1.82) is 0 Å². The van der Waals surface area contributed by atoms with E-state index in [9.17, 15) is 4.79 Å². The highest BCUT2D eigenvalue weighted by molar-refractivity contribution is 6.30. The highest BCUT2D eigenvalue weighted by Gasteiger charge is 2.22. The smallest absolute Gasteiger partial charge is 0.270 e. The lowest BCUT2D eigenvalue weighted by Gasteiger charge is -2.21. The van der Waals surface area contributed by atoms with Crippen molar-refractivity contribution in [1.82, 2.24) is 19.9 Å². The van der Waals surface area contributed by atoms with E-state index < -0.39 is 0 Å². The third-order valence-corrected chi connectivity index (χ3v) is 4.56. The Labute approximate surface area is 144 Å².